The summed E-state index contributed by atoms with van der Waals surface area (Å²) >= 11 is 0. The van der Waals surface area contributed by atoms with E-state index in [0.29, 0.717) is 32.1 Å². The lowest BCUT2D eigenvalue weighted by Crippen LogP contribution is -2.71. The summed E-state index contributed by atoms with van der Waals surface area (Å²) in [6.45, 7) is 10.1. The highest BCUT2D eigenvalue weighted by atomic mass is 16.8. The molecule has 26 atom stereocenters. The van der Waals surface area contributed by atoms with Crippen molar-refractivity contribution >= 4 is 0 Å². The maximum Gasteiger partial charge on any atom is 0.186 e. The Morgan fingerprint density at radius 3 is 1.85 bits per heavy atom. The molecule has 0 bridgehead atoms. The van der Waals surface area contributed by atoms with Crippen molar-refractivity contribution in [3.63, 3.8) is 0 Å². The molecule has 0 radical (unpaired) electrons. The SMILES string of the molecule is CO[C@@H]1[C@@H](O)[C@H](O[C@@H]2CO[C@@H](O[C@@H]3CO[C@@H](OCC[C@@H](CC[C@@H](C)[C@H]4[C@@H](O)[C@@H](O)C5[C@]6(O)C[C@H](O)C7[C@@H](O)[C@@H](O)CC[C@]7(C)C6CC[C@@]54C)C(C)C)[C@H](O)[C@H]3O)[C@H](O)[C@H]2OC)OC[C@H]1O. The predicted octanol–water partition coefficient (Wildman–Crippen LogP) is -1.23. The van der Waals surface area contributed by atoms with E-state index in [4.69, 9.17) is 37.9 Å². The van der Waals surface area contributed by atoms with Gasteiger partial charge in [-0.15, -0.1) is 0 Å². The fourth-order valence-corrected chi connectivity index (χ4v) is 14.3. The summed E-state index contributed by atoms with van der Waals surface area (Å²) in [4.78, 5) is 0. The molecule has 0 aromatic carbocycles. The predicted molar refractivity (Wildman–Crippen MR) is 226 cm³/mol. The second-order valence-electron chi connectivity index (χ2n) is 21.6. The molecule has 0 aromatic rings. The van der Waals surface area contributed by atoms with Crippen LogP contribution in [0.1, 0.15) is 86.0 Å². The van der Waals surface area contributed by atoms with Crippen LogP contribution in [0, 0.1) is 52.3 Å². The zero-order chi connectivity index (χ0) is 47.5. The molecule has 0 amide bonds. The van der Waals surface area contributed by atoms with Gasteiger partial charge in [-0.3, -0.25) is 0 Å². The zero-order valence-electron chi connectivity index (χ0n) is 39.0. The molecule has 11 N–H and O–H groups in total. The number of aliphatic hydroxyl groups excluding tert-OH is 10. The van der Waals surface area contributed by atoms with E-state index in [1.54, 1.807) is 0 Å². The number of rotatable bonds is 15. The molecule has 3 aliphatic heterocycles. The second-order valence-corrected chi connectivity index (χ2v) is 21.6. The van der Waals surface area contributed by atoms with E-state index in [2.05, 4.69) is 27.7 Å². The molecule has 19 nitrogen and oxygen atoms in total. The van der Waals surface area contributed by atoms with E-state index in [1.807, 2.05) is 6.92 Å². The normalized spacial score (nSPS) is 52.4. The summed E-state index contributed by atoms with van der Waals surface area (Å²) in [5.41, 5.74) is -2.73. The molecule has 0 spiro atoms. The Kier molecular flexibility index (Phi) is 16.4. The first kappa shape index (κ1) is 52.1. The smallest absolute Gasteiger partial charge is 0.186 e. The first-order chi connectivity index (χ1) is 30.6. The Morgan fingerprint density at radius 1 is 0.585 bits per heavy atom. The molecule has 7 rings (SSSR count). The monoisotopic (exact) mass is 937 g/mol. The fourth-order valence-electron chi connectivity index (χ4n) is 14.3. The molecular weight excluding hydrogens is 856 g/mol. The minimum atomic E-state index is -1.49. The lowest BCUT2D eigenvalue weighted by atomic mass is 9.41. The van der Waals surface area contributed by atoms with E-state index in [1.165, 1.54) is 14.2 Å². The zero-order valence-corrected chi connectivity index (χ0v) is 39.0. The van der Waals surface area contributed by atoms with Crippen molar-refractivity contribution in [2.75, 3.05) is 40.6 Å². The topological polar surface area (TPSA) is 296 Å². The van der Waals surface area contributed by atoms with Crippen molar-refractivity contribution < 1.29 is 94.1 Å². The quantitative estimate of drug-likeness (QED) is 0.0917. The molecule has 3 heterocycles. The fraction of sp³-hybridized carbons (Fsp3) is 1.00. The van der Waals surface area contributed by atoms with Crippen LogP contribution < -0.4 is 0 Å². The molecule has 378 valence electrons. The molecule has 7 fully saturated rings. The number of ether oxygens (including phenoxy) is 8. The third-order valence-electron chi connectivity index (χ3n) is 17.6. The molecule has 65 heavy (non-hydrogen) atoms. The largest absolute Gasteiger partial charge is 0.393 e. The number of hydrogen-bond donors (Lipinski definition) is 11. The summed E-state index contributed by atoms with van der Waals surface area (Å²) in [6.07, 6.45) is -15.5. The molecule has 0 aromatic heterocycles. The number of hydrogen-bond acceptors (Lipinski definition) is 19. The Balaban J connectivity index is 0.893. The standard InChI is InChI=1S/C46H80O19/c1-20(2)22(9-8-21(3)29-33(52)34(53)40-45(29,5)14-11-28-44(4)13-10-23(47)31(50)30(44)24(48)16-46(28,40)57)12-15-60-41-35(54)32(51)26(18-62-41)64-43-37(56)39(59-7)27(19-63-43)65-42-36(55)38(58-6)25(49)17-61-42/h20-43,47-57H,8-19H2,1-7H3/t21-,22-,23+,24+,25-,26-,27-,28?,29+,30?,31+,32+,33-,34-,35-,36-,37-,38+,39+,40?,41-,42+,43+,44-,45-,46+/m1/s1. The summed E-state index contributed by atoms with van der Waals surface area (Å²) < 4.78 is 45.5. The van der Waals surface area contributed by atoms with E-state index in [0.717, 1.165) is 12.8 Å². The van der Waals surface area contributed by atoms with Crippen molar-refractivity contribution in [1.82, 2.24) is 0 Å². The van der Waals surface area contributed by atoms with Crippen LogP contribution in [0.4, 0.5) is 0 Å². The lowest BCUT2D eigenvalue weighted by molar-refractivity contribution is -0.351. The van der Waals surface area contributed by atoms with Crippen LogP contribution in [-0.4, -0.2) is 207 Å². The van der Waals surface area contributed by atoms with Gasteiger partial charge in [0.1, 0.15) is 54.9 Å². The Morgan fingerprint density at radius 2 is 1.18 bits per heavy atom. The Hall–Kier alpha value is -0.760. The van der Waals surface area contributed by atoms with Gasteiger partial charge < -0.3 is 94.1 Å². The van der Waals surface area contributed by atoms with Crippen LogP contribution >= 0.6 is 0 Å². The lowest BCUT2D eigenvalue weighted by Gasteiger charge is -2.66. The van der Waals surface area contributed by atoms with Gasteiger partial charge in [-0.25, -0.2) is 0 Å². The summed E-state index contributed by atoms with van der Waals surface area (Å²) in [5.74, 6) is -1.52. The van der Waals surface area contributed by atoms with Crippen LogP contribution in [0.2, 0.25) is 0 Å². The molecular formula is C46H80O19. The van der Waals surface area contributed by atoms with Gasteiger partial charge >= 0.3 is 0 Å². The van der Waals surface area contributed by atoms with Gasteiger partial charge in [0.05, 0.1) is 62.5 Å². The van der Waals surface area contributed by atoms with Crippen LogP contribution in [0.25, 0.3) is 0 Å². The number of fused-ring (bicyclic) bond motifs is 5. The molecule has 4 aliphatic carbocycles. The van der Waals surface area contributed by atoms with Crippen LogP contribution in [0.15, 0.2) is 0 Å². The molecule has 4 saturated carbocycles. The van der Waals surface area contributed by atoms with Gasteiger partial charge in [0.25, 0.3) is 0 Å². The first-order valence-electron chi connectivity index (χ1n) is 24.0. The average molecular weight is 937 g/mol. The van der Waals surface area contributed by atoms with Crippen LogP contribution in [-0.2, 0) is 37.9 Å². The van der Waals surface area contributed by atoms with Gasteiger partial charge in [0.15, 0.2) is 18.9 Å². The van der Waals surface area contributed by atoms with Crippen LogP contribution in [0.5, 0.6) is 0 Å². The van der Waals surface area contributed by atoms with Gasteiger partial charge in [0.2, 0.25) is 0 Å². The van der Waals surface area contributed by atoms with Crippen molar-refractivity contribution in [1.29, 1.82) is 0 Å². The third-order valence-corrected chi connectivity index (χ3v) is 17.6. The molecule has 7 aliphatic rings. The highest BCUT2D eigenvalue weighted by Gasteiger charge is 2.73. The van der Waals surface area contributed by atoms with Crippen LogP contribution in [0.3, 0.4) is 0 Å². The maximum atomic E-state index is 12.7. The van der Waals surface area contributed by atoms with Gasteiger partial charge in [-0.1, -0.05) is 41.0 Å². The minimum Gasteiger partial charge on any atom is -0.393 e. The van der Waals surface area contributed by atoms with Gasteiger partial charge in [-0.2, -0.15) is 0 Å². The molecule has 3 saturated heterocycles. The van der Waals surface area contributed by atoms with Crippen molar-refractivity contribution in [3.05, 3.63) is 0 Å². The van der Waals surface area contributed by atoms with E-state index < -0.39 is 133 Å². The van der Waals surface area contributed by atoms with Crippen molar-refractivity contribution in [2.24, 2.45) is 52.3 Å². The maximum absolute atomic E-state index is 12.7. The van der Waals surface area contributed by atoms with E-state index in [9.17, 15) is 56.2 Å². The van der Waals surface area contributed by atoms with Gasteiger partial charge in [0, 0.05) is 32.5 Å². The summed E-state index contributed by atoms with van der Waals surface area (Å²) in [5, 5.41) is 123. The van der Waals surface area contributed by atoms with Gasteiger partial charge in [-0.05, 0) is 78.9 Å². The number of aliphatic hydroxyl groups is 11. The average Bonchev–Trinajstić information content (AvgIpc) is 3.46. The minimum absolute atomic E-state index is 0.0299. The van der Waals surface area contributed by atoms with E-state index in [-0.39, 0.29) is 62.4 Å². The highest BCUT2D eigenvalue weighted by molar-refractivity contribution is 5.22. The molecule has 19 heteroatoms. The Labute approximate surface area is 382 Å². The first-order valence-corrected chi connectivity index (χ1v) is 24.0. The highest BCUT2D eigenvalue weighted by Crippen LogP contribution is 2.70. The molecule has 3 unspecified atom stereocenters. The summed E-state index contributed by atoms with van der Waals surface area (Å²) in [7, 11) is 2.70. The third kappa shape index (κ3) is 9.47. The van der Waals surface area contributed by atoms with E-state index >= 15 is 0 Å². The van der Waals surface area contributed by atoms with Crippen molar-refractivity contribution in [2.45, 2.75) is 196 Å². The second kappa shape index (κ2) is 20.5. The Bertz CT molecular complexity index is 1550. The van der Waals surface area contributed by atoms with Crippen molar-refractivity contribution in [3.8, 4) is 0 Å². The number of methoxy groups -OCH3 is 2. The summed E-state index contributed by atoms with van der Waals surface area (Å²) in [6, 6.07) is 0.